The lowest BCUT2D eigenvalue weighted by molar-refractivity contribution is -0.147. The highest BCUT2D eigenvalue weighted by Gasteiger charge is 2.60. The van der Waals surface area contributed by atoms with Crippen molar-refractivity contribution in [2.75, 3.05) is 13.1 Å². The molecule has 0 aliphatic heterocycles. The second kappa shape index (κ2) is 10.2. The van der Waals surface area contributed by atoms with Gasteiger partial charge in [0.05, 0.1) is 11.1 Å². The largest absolute Gasteiger partial charge is 0.508 e. The van der Waals surface area contributed by atoms with Crippen molar-refractivity contribution in [1.82, 2.24) is 4.90 Å². The lowest BCUT2D eigenvalue weighted by Gasteiger charge is -2.46. The quantitative estimate of drug-likeness (QED) is 0.314. The fourth-order valence-electron chi connectivity index (χ4n) is 6.27. The van der Waals surface area contributed by atoms with Crippen LogP contribution in [0.2, 0.25) is 0 Å². The number of aliphatic hydroxyl groups excluding tert-OH is 2. The van der Waals surface area contributed by atoms with Crippen molar-refractivity contribution in [3.8, 4) is 5.75 Å². The molecule has 0 heterocycles. The van der Waals surface area contributed by atoms with Crippen LogP contribution < -0.4 is 5.73 Å². The van der Waals surface area contributed by atoms with Gasteiger partial charge in [0.25, 0.3) is 5.91 Å². The first-order valence-electron chi connectivity index (χ1n) is 13.2. The van der Waals surface area contributed by atoms with Crippen molar-refractivity contribution in [2.24, 2.45) is 23.5 Å². The Labute approximate surface area is 228 Å². The van der Waals surface area contributed by atoms with Gasteiger partial charge in [-0.15, -0.1) is 0 Å². The van der Waals surface area contributed by atoms with E-state index < -0.39 is 93.5 Å². The number of hydrogen-bond donors (Lipinski definition) is 5. The van der Waals surface area contributed by atoms with Crippen molar-refractivity contribution < 1.29 is 48.0 Å². The van der Waals surface area contributed by atoms with E-state index in [9.17, 15) is 48.0 Å². The molecule has 0 spiro atoms. The number of nitrogens with zero attached hydrogens (tertiary/aromatic N) is 1. The molecule has 3 aliphatic rings. The number of Topliss-reactive ketones (excluding diaryl/α,β-unsaturated/α-hetero) is 2. The molecule has 4 rings (SSSR count). The highest BCUT2D eigenvalue weighted by Crippen LogP contribution is 2.54. The number of fused-ring (bicyclic) bond motifs is 3. The number of halogens is 3. The third kappa shape index (κ3) is 4.66. The van der Waals surface area contributed by atoms with Gasteiger partial charge in [-0.05, 0) is 61.4 Å². The summed E-state index contributed by atoms with van der Waals surface area (Å²) < 4.78 is 43.7. The Morgan fingerprint density at radius 2 is 1.85 bits per heavy atom. The van der Waals surface area contributed by atoms with Crippen molar-refractivity contribution in [3.05, 3.63) is 45.2 Å². The zero-order valence-corrected chi connectivity index (χ0v) is 22.4. The number of nitrogens with two attached hydrogens (primary N) is 1. The molecule has 218 valence electrons. The van der Waals surface area contributed by atoms with E-state index in [0.29, 0.717) is 19.0 Å². The number of primary amides is 1. The number of rotatable bonds is 7. The third-order valence-electron chi connectivity index (χ3n) is 8.30. The molecule has 1 amide bonds. The zero-order chi connectivity index (χ0) is 29.9. The lowest BCUT2D eigenvalue weighted by Crippen LogP contribution is -2.58. The average molecular weight is 567 g/mol. The Kier molecular flexibility index (Phi) is 7.57. The van der Waals surface area contributed by atoms with Gasteiger partial charge in [-0.1, -0.05) is 20.8 Å². The number of alkyl halides is 3. The lowest BCUT2D eigenvalue weighted by atomic mass is 9.59. The number of aliphatic hydroxyl groups is 3. The van der Waals surface area contributed by atoms with Gasteiger partial charge in [0.1, 0.15) is 22.8 Å². The Hall–Kier alpha value is -3.38. The van der Waals surface area contributed by atoms with Crippen molar-refractivity contribution in [3.63, 3.8) is 0 Å². The smallest absolute Gasteiger partial charge is 0.417 e. The van der Waals surface area contributed by atoms with Crippen molar-refractivity contribution in [2.45, 2.75) is 64.8 Å². The molecule has 1 saturated carbocycles. The van der Waals surface area contributed by atoms with E-state index >= 15 is 0 Å². The molecule has 1 aromatic carbocycles. The van der Waals surface area contributed by atoms with E-state index in [-0.39, 0.29) is 24.1 Å². The van der Waals surface area contributed by atoms with Gasteiger partial charge in [-0.25, -0.2) is 0 Å². The topological polar surface area (TPSA) is 161 Å². The number of amides is 1. The van der Waals surface area contributed by atoms with E-state index in [4.69, 9.17) is 5.73 Å². The number of phenolic OH excluding ortho intramolecular Hbond substituents is 1. The van der Waals surface area contributed by atoms with Crippen LogP contribution in [0.3, 0.4) is 0 Å². The molecule has 1 unspecified atom stereocenters. The summed E-state index contributed by atoms with van der Waals surface area (Å²) in [7, 11) is 0. The maximum Gasteiger partial charge on any atom is 0.417 e. The first kappa shape index (κ1) is 29.6. The molecule has 6 N–H and O–H groups in total. The summed E-state index contributed by atoms with van der Waals surface area (Å²) in [6, 6.07) is 0.934. The maximum absolute atomic E-state index is 14.6. The fourth-order valence-corrected chi connectivity index (χ4v) is 6.27. The second-order valence-electron chi connectivity index (χ2n) is 11.2. The SMILES string of the molecule is CCN(CCC(C)C)Cc1cc(O)c2c(c1C(F)(F)F)CC1C[C@H]3CC(=O)C(C(N)=O)=C(O)[C@@]3(O)C(=O)C1=C2O. The number of carbonyl (C=O) groups excluding carboxylic acids is 3. The number of carbonyl (C=O) groups is 3. The molecule has 0 bridgehead atoms. The Bertz CT molecular complexity index is 1350. The maximum atomic E-state index is 14.6. The van der Waals surface area contributed by atoms with Crippen LogP contribution >= 0.6 is 0 Å². The molecule has 1 fully saturated rings. The number of ketones is 2. The van der Waals surface area contributed by atoms with E-state index in [1.54, 1.807) is 0 Å². The van der Waals surface area contributed by atoms with E-state index in [1.807, 2.05) is 25.7 Å². The summed E-state index contributed by atoms with van der Waals surface area (Å²) in [5, 5.41) is 43.9. The standard InChI is InChI=1S/C28H33F3N2O7/c1-4-33(6-5-12(2)3)11-14-9-17(34)20-16(22(14)28(29,30)31)8-13-7-15-10-18(35)21(26(32)39)25(38)27(15,40)24(37)19(13)23(20)36/h9,12-13,15,34,36,38,40H,4-8,10-11H2,1-3H3,(H2,32,39)/t13?,15-,27-/m0/s1. The fraction of sp³-hybridized carbons (Fsp3) is 0.536. The van der Waals surface area contributed by atoms with Crippen LogP contribution in [0, 0.1) is 17.8 Å². The highest BCUT2D eigenvalue weighted by atomic mass is 19.4. The number of hydrogen-bond acceptors (Lipinski definition) is 8. The van der Waals surface area contributed by atoms with Crippen LogP contribution in [-0.2, 0) is 33.5 Å². The van der Waals surface area contributed by atoms with Gasteiger partial charge in [-0.3, -0.25) is 19.3 Å². The minimum Gasteiger partial charge on any atom is -0.508 e. The number of phenols is 1. The van der Waals surface area contributed by atoms with Crippen molar-refractivity contribution >= 4 is 23.2 Å². The van der Waals surface area contributed by atoms with E-state index in [2.05, 4.69) is 0 Å². The Morgan fingerprint density at radius 1 is 1.20 bits per heavy atom. The van der Waals surface area contributed by atoms with Crippen LogP contribution in [0.4, 0.5) is 13.2 Å². The van der Waals surface area contributed by atoms with Crippen LogP contribution in [0.5, 0.6) is 5.75 Å². The van der Waals surface area contributed by atoms with Crippen LogP contribution in [-0.4, -0.2) is 61.5 Å². The Morgan fingerprint density at radius 3 is 2.40 bits per heavy atom. The molecule has 3 atom stereocenters. The average Bonchev–Trinajstić information content (AvgIpc) is 2.82. The minimum absolute atomic E-state index is 0.106. The molecular formula is C28H33F3N2O7. The number of aromatic hydroxyl groups is 1. The van der Waals surface area contributed by atoms with Gasteiger partial charge in [-0.2, -0.15) is 13.2 Å². The van der Waals surface area contributed by atoms with Crippen LogP contribution in [0.25, 0.3) is 5.76 Å². The second-order valence-corrected chi connectivity index (χ2v) is 11.2. The first-order valence-corrected chi connectivity index (χ1v) is 13.2. The summed E-state index contributed by atoms with van der Waals surface area (Å²) in [6.45, 7) is 6.72. The van der Waals surface area contributed by atoms with Crippen LogP contribution in [0.15, 0.2) is 23.0 Å². The predicted octanol–water partition coefficient (Wildman–Crippen LogP) is 3.31. The highest BCUT2D eigenvalue weighted by molar-refractivity contribution is 6.22. The van der Waals surface area contributed by atoms with Crippen molar-refractivity contribution in [1.29, 1.82) is 0 Å². The van der Waals surface area contributed by atoms with Gasteiger partial charge >= 0.3 is 6.18 Å². The Balaban J connectivity index is 1.88. The predicted molar refractivity (Wildman–Crippen MR) is 137 cm³/mol. The first-order chi connectivity index (χ1) is 18.5. The monoisotopic (exact) mass is 566 g/mol. The zero-order valence-electron chi connectivity index (χ0n) is 22.4. The normalized spacial score (nSPS) is 24.9. The molecule has 40 heavy (non-hydrogen) atoms. The summed E-state index contributed by atoms with van der Waals surface area (Å²) in [4.78, 5) is 39.6. The summed E-state index contributed by atoms with van der Waals surface area (Å²) in [6.07, 6.45) is -5.32. The van der Waals surface area contributed by atoms with Gasteiger partial charge in [0, 0.05) is 24.5 Å². The molecule has 0 radical (unpaired) electrons. The van der Waals surface area contributed by atoms with Gasteiger partial charge < -0.3 is 26.2 Å². The summed E-state index contributed by atoms with van der Waals surface area (Å²) in [5.41, 5.74) is -1.19. The molecule has 12 heteroatoms. The molecule has 3 aliphatic carbocycles. The number of benzene rings is 1. The van der Waals surface area contributed by atoms with E-state index in [1.165, 1.54) is 0 Å². The van der Waals surface area contributed by atoms with Gasteiger partial charge in [0.2, 0.25) is 5.78 Å². The molecule has 9 nitrogen and oxygen atoms in total. The summed E-state index contributed by atoms with van der Waals surface area (Å²) in [5.74, 6) is -8.37. The van der Waals surface area contributed by atoms with Crippen LogP contribution in [0.1, 0.15) is 62.3 Å². The third-order valence-corrected chi connectivity index (χ3v) is 8.30. The molecule has 0 aromatic heterocycles. The summed E-state index contributed by atoms with van der Waals surface area (Å²) >= 11 is 0. The molecule has 1 aromatic rings. The van der Waals surface area contributed by atoms with E-state index in [0.717, 1.165) is 12.5 Å². The molecular weight excluding hydrogens is 533 g/mol. The minimum atomic E-state index is -4.86. The van der Waals surface area contributed by atoms with Gasteiger partial charge in [0.15, 0.2) is 11.4 Å². The molecule has 0 saturated heterocycles.